The van der Waals surface area contributed by atoms with E-state index in [0.717, 1.165) is 45.5 Å². The first-order valence-electron chi connectivity index (χ1n) is 9.18. The lowest BCUT2D eigenvalue weighted by molar-refractivity contribution is -0.135. The monoisotopic (exact) mass is 332 g/mol. The van der Waals surface area contributed by atoms with E-state index in [1.54, 1.807) is 7.11 Å². The summed E-state index contributed by atoms with van der Waals surface area (Å²) in [5, 5.41) is 0. The number of methoxy groups -OCH3 is 1. The molecule has 1 heterocycles. The van der Waals surface area contributed by atoms with E-state index >= 15 is 0 Å². The third kappa shape index (κ3) is 5.60. The van der Waals surface area contributed by atoms with Gasteiger partial charge in [-0.3, -0.25) is 9.69 Å². The van der Waals surface area contributed by atoms with Gasteiger partial charge in [0.1, 0.15) is 0 Å². The number of hydrogen-bond acceptors (Lipinski definition) is 3. The summed E-state index contributed by atoms with van der Waals surface area (Å²) in [5.41, 5.74) is 1.36. The molecule has 0 aromatic heterocycles. The van der Waals surface area contributed by atoms with Gasteiger partial charge in [0, 0.05) is 45.2 Å². The summed E-state index contributed by atoms with van der Waals surface area (Å²) in [4.78, 5) is 17.0. The minimum absolute atomic E-state index is 0.313. The maximum absolute atomic E-state index is 12.5. The molecule has 4 heteroatoms. The van der Waals surface area contributed by atoms with Crippen LogP contribution in [0.15, 0.2) is 30.3 Å². The Morgan fingerprint density at radius 3 is 2.42 bits per heavy atom. The molecule has 4 nitrogen and oxygen atoms in total. The number of carbonyl (C=O) groups is 1. The van der Waals surface area contributed by atoms with Crippen LogP contribution in [0.5, 0.6) is 0 Å². The van der Waals surface area contributed by atoms with Crippen LogP contribution in [0.2, 0.25) is 0 Å². The van der Waals surface area contributed by atoms with Gasteiger partial charge in [0.15, 0.2) is 0 Å². The van der Waals surface area contributed by atoms with Gasteiger partial charge >= 0.3 is 0 Å². The number of nitrogens with zero attached hydrogens (tertiary/aromatic N) is 2. The Hall–Kier alpha value is -1.39. The molecule has 2 rings (SSSR count). The molecular formula is C20H32N2O2. The fraction of sp³-hybridized carbons (Fsp3) is 0.650. The number of aryl methyl sites for hydroxylation is 1. The first kappa shape index (κ1) is 18.9. The minimum atomic E-state index is 0.313. The Morgan fingerprint density at radius 2 is 1.79 bits per heavy atom. The van der Waals surface area contributed by atoms with Crippen LogP contribution in [0.4, 0.5) is 0 Å². The van der Waals surface area contributed by atoms with Crippen molar-refractivity contribution in [3.05, 3.63) is 35.9 Å². The van der Waals surface area contributed by atoms with Gasteiger partial charge < -0.3 is 9.64 Å². The second-order valence-electron chi connectivity index (χ2n) is 6.92. The van der Waals surface area contributed by atoms with Crippen molar-refractivity contribution in [3.63, 3.8) is 0 Å². The molecule has 1 amide bonds. The molecule has 0 saturated carbocycles. The predicted molar refractivity (Wildman–Crippen MR) is 98.1 cm³/mol. The molecule has 1 aliphatic rings. The Balaban J connectivity index is 1.71. The third-order valence-electron chi connectivity index (χ3n) is 4.96. The molecule has 2 unspecified atom stereocenters. The molecule has 1 aromatic rings. The van der Waals surface area contributed by atoms with Gasteiger partial charge in [-0.15, -0.1) is 0 Å². The quantitative estimate of drug-likeness (QED) is 0.686. The van der Waals surface area contributed by atoms with Crippen molar-refractivity contribution in [2.24, 2.45) is 0 Å². The highest BCUT2D eigenvalue weighted by molar-refractivity contribution is 5.76. The Bertz CT molecular complexity index is 480. The number of hydrogen-bond donors (Lipinski definition) is 0. The number of carbonyl (C=O) groups excluding carboxylic acids is 1. The van der Waals surface area contributed by atoms with Crippen molar-refractivity contribution in [3.8, 4) is 0 Å². The van der Waals surface area contributed by atoms with Crippen LogP contribution in [-0.2, 0) is 16.0 Å². The zero-order valence-corrected chi connectivity index (χ0v) is 15.4. The first-order valence-corrected chi connectivity index (χ1v) is 9.18. The number of benzene rings is 1. The predicted octanol–water partition coefficient (Wildman–Crippen LogP) is 2.97. The molecule has 1 aromatic carbocycles. The Morgan fingerprint density at radius 1 is 1.12 bits per heavy atom. The smallest absolute Gasteiger partial charge is 0.222 e. The average molecular weight is 332 g/mol. The summed E-state index contributed by atoms with van der Waals surface area (Å²) in [6, 6.07) is 11.3. The van der Waals surface area contributed by atoms with Crippen molar-refractivity contribution in [2.75, 3.05) is 33.4 Å². The number of piperazine rings is 1. The zero-order chi connectivity index (χ0) is 17.4. The summed E-state index contributed by atoms with van der Waals surface area (Å²) in [5.74, 6) is 0.313. The normalized spacial score (nSPS) is 21.9. The molecule has 0 N–H and O–H groups in total. The van der Waals surface area contributed by atoms with Crippen molar-refractivity contribution in [1.82, 2.24) is 9.80 Å². The summed E-state index contributed by atoms with van der Waals surface area (Å²) >= 11 is 0. The molecule has 1 aliphatic heterocycles. The topological polar surface area (TPSA) is 32.8 Å². The maximum atomic E-state index is 12.5. The van der Waals surface area contributed by atoms with Gasteiger partial charge in [0.2, 0.25) is 5.91 Å². The van der Waals surface area contributed by atoms with E-state index in [2.05, 4.69) is 47.9 Å². The zero-order valence-electron chi connectivity index (χ0n) is 15.4. The summed E-state index contributed by atoms with van der Waals surface area (Å²) in [6.07, 6.45) is 3.78. The molecule has 2 atom stereocenters. The summed E-state index contributed by atoms with van der Waals surface area (Å²) < 4.78 is 5.20. The highest BCUT2D eigenvalue weighted by Gasteiger charge is 2.30. The lowest BCUT2D eigenvalue weighted by Gasteiger charge is -2.44. The minimum Gasteiger partial charge on any atom is -0.383 e. The van der Waals surface area contributed by atoms with Crippen LogP contribution in [-0.4, -0.2) is 61.1 Å². The van der Waals surface area contributed by atoms with Crippen molar-refractivity contribution in [1.29, 1.82) is 0 Å². The summed E-state index contributed by atoms with van der Waals surface area (Å²) in [6.45, 7) is 7.79. The van der Waals surface area contributed by atoms with E-state index in [9.17, 15) is 4.79 Å². The molecular weight excluding hydrogens is 300 g/mol. The van der Waals surface area contributed by atoms with Gasteiger partial charge in [-0.1, -0.05) is 30.3 Å². The number of rotatable bonds is 8. The molecule has 0 bridgehead atoms. The van der Waals surface area contributed by atoms with E-state index < -0.39 is 0 Å². The van der Waals surface area contributed by atoms with E-state index in [4.69, 9.17) is 4.74 Å². The van der Waals surface area contributed by atoms with Crippen LogP contribution >= 0.6 is 0 Å². The van der Waals surface area contributed by atoms with Crippen LogP contribution in [0.25, 0.3) is 0 Å². The van der Waals surface area contributed by atoms with Crippen molar-refractivity contribution in [2.45, 2.75) is 51.6 Å². The summed E-state index contributed by atoms with van der Waals surface area (Å²) in [7, 11) is 1.74. The fourth-order valence-electron chi connectivity index (χ4n) is 3.61. The first-order chi connectivity index (χ1) is 11.6. The van der Waals surface area contributed by atoms with Crippen LogP contribution in [0.3, 0.4) is 0 Å². The average Bonchev–Trinajstić information content (AvgIpc) is 2.58. The molecule has 24 heavy (non-hydrogen) atoms. The maximum Gasteiger partial charge on any atom is 0.222 e. The Kier molecular flexibility index (Phi) is 7.73. The van der Waals surface area contributed by atoms with Gasteiger partial charge in [-0.05, 0) is 38.7 Å². The Labute approximate surface area is 146 Å². The van der Waals surface area contributed by atoms with Crippen molar-refractivity contribution < 1.29 is 9.53 Å². The molecule has 1 fully saturated rings. The highest BCUT2D eigenvalue weighted by Crippen LogP contribution is 2.17. The molecule has 134 valence electrons. The lowest BCUT2D eigenvalue weighted by atomic mass is 10.0. The van der Waals surface area contributed by atoms with E-state index in [1.165, 1.54) is 5.56 Å². The lowest BCUT2D eigenvalue weighted by Crippen LogP contribution is -2.58. The van der Waals surface area contributed by atoms with Crippen LogP contribution < -0.4 is 0 Å². The van der Waals surface area contributed by atoms with Gasteiger partial charge in [0.05, 0.1) is 6.61 Å². The molecule has 0 spiro atoms. The largest absolute Gasteiger partial charge is 0.383 e. The SMILES string of the molecule is COCCN1C(C)CN(C(=O)CCCCc2ccccc2)CC1C. The molecule has 1 saturated heterocycles. The van der Waals surface area contributed by atoms with Crippen molar-refractivity contribution >= 4 is 5.91 Å². The van der Waals surface area contributed by atoms with Crippen LogP contribution in [0.1, 0.15) is 38.7 Å². The standard InChI is InChI=1S/C20H32N2O2/c1-17-15-21(16-18(2)22(17)13-14-24-3)20(23)12-8-7-11-19-9-5-4-6-10-19/h4-6,9-10,17-18H,7-8,11-16H2,1-3H3. The highest BCUT2D eigenvalue weighted by atomic mass is 16.5. The van der Waals surface area contributed by atoms with E-state index in [-0.39, 0.29) is 0 Å². The third-order valence-corrected chi connectivity index (χ3v) is 4.96. The van der Waals surface area contributed by atoms with E-state index in [1.807, 2.05) is 6.07 Å². The second kappa shape index (κ2) is 9.80. The molecule has 0 aliphatic carbocycles. The number of unbranched alkanes of at least 4 members (excludes halogenated alkanes) is 1. The second-order valence-corrected chi connectivity index (χ2v) is 6.92. The fourth-order valence-corrected chi connectivity index (χ4v) is 3.61. The van der Waals surface area contributed by atoms with Crippen LogP contribution in [0, 0.1) is 0 Å². The molecule has 0 radical (unpaired) electrons. The van der Waals surface area contributed by atoms with Gasteiger partial charge in [0.25, 0.3) is 0 Å². The number of ether oxygens (including phenoxy) is 1. The van der Waals surface area contributed by atoms with Gasteiger partial charge in [-0.2, -0.15) is 0 Å². The number of amides is 1. The van der Waals surface area contributed by atoms with E-state index in [0.29, 0.717) is 24.4 Å². The van der Waals surface area contributed by atoms with Gasteiger partial charge in [-0.25, -0.2) is 0 Å².